The number of thiophene rings is 1. The first-order valence-electron chi connectivity index (χ1n) is 4.43. The van der Waals surface area contributed by atoms with Crippen molar-refractivity contribution in [3.05, 3.63) is 39.1 Å². The van der Waals surface area contributed by atoms with Crippen molar-refractivity contribution < 1.29 is 0 Å². The molecule has 2 aromatic rings. The maximum atomic E-state index is 5.81. The van der Waals surface area contributed by atoms with Gasteiger partial charge in [0.15, 0.2) is 0 Å². The molecule has 78 valence electrons. The SMILES string of the molecule is Nc1cc(Br)cnc1NCc1cccs1. The molecule has 3 N–H and O–H groups in total. The highest BCUT2D eigenvalue weighted by Crippen LogP contribution is 2.20. The third kappa shape index (κ3) is 2.70. The highest BCUT2D eigenvalue weighted by atomic mass is 79.9. The van der Waals surface area contributed by atoms with Gasteiger partial charge in [0.25, 0.3) is 0 Å². The van der Waals surface area contributed by atoms with Gasteiger partial charge in [-0.2, -0.15) is 0 Å². The van der Waals surface area contributed by atoms with Crippen molar-refractivity contribution in [3.8, 4) is 0 Å². The van der Waals surface area contributed by atoms with Gasteiger partial charge in [0.05, 0.1) is 12.2 Å². The topological polar surface area (TPSA) is 50.9 Å². The molecule has 2 aromatic heterocycles. The number of anilines is 2. The molecule has 0 aromatic carbocycles. The van der Waals surface area contributed by atoms with Gasteiger partial charge in [-0.05, 0) is 33.4 Å². The Morgan fingerprint density at radius 1 is 1.53 bits per heavy atom. The van der Waals surface area contributed by atoms with Crippen molar-refractivity contribution in [2.75, 3.05) is 11.1 Å². The van der Waals surface area contributed by atoms with Gasteiger partial charge in [-0.3, -0.25) is 0 Å². The Hall–Kier alpha value is -1.07. The van der Waals surface area contributed by atoms with Crippen LogP contribution in [0.5, 0.6) is 0 Å². The zero-order valence-corrected chi connectivity index (χ0v) is 10.3. The number of aromatic nitrogens is 1. The number of nitrogens with zero attached hydrogens (tertiary/aromatic N) is 1. The fourth-order valence-electron chi connectivity index (χ4n) is 1.19. The van der Waals surface area contributed by atoms with Gasteiger partial charge in [0.2, 0.25) is 0 Å². The van der Waals surface area contributed by atoms with Crippen molar-refractivity contribution in [1.82, 2.24) is 4.98 Å². The number of nitrogens with one attached hydrogen (secondary N) is 1. The molecule has 15 heavy (non-hydrogen) atoms. The zero-order valence-electron chi connectivity index (χ0n) is 7.90. The van der Waals surface area contributed by atoms with Crippen LogP contribution in [0.25, 0.3) is 0 Å². The van der Waals surface area contributed by atoms with E-state index in [2.05, 4.69) is 37.7 Å². The predicted molar refractivity (Wildman–Crippen MR) is 68.0 cm³/mol. The Kier molecular flexibility index (Phi) is 3.23. The Bertz CT molecular complexity index is 442. The molecule has 5 heteroatoms. The molecule has 2 heterocycles. The van der Waals surface area contributed by atoms with E-state index in [9.17, 15) is 0 Å². The molecule has 0 aliphatic heterocycles. The number of hydrogen-bond acceptors (Lipinski definition) is 4. The van der Waals surface area contributed by atoms with Gasteiger partial charge in [0.1, 0.15) is 5.82 Å². The lowest BCUT2D eigenvalue weighted by molar-refractivity contribution is 1.14. The van der Waals surface area contributed by atoms with Gasteiger partial charge in [0, 0.05) is 15.5 Å². The molecule has 2 rings (SSSR count). The van der Waals surface area contributed by atoms with Crippen LogP contribution in [0.1, 0.15) is 4.88 Å². The van der Waals surface area contributed by atoms with Crippen LogP contribution >= 0.6 is 27.3 Å². The van der Waals surface area contributed by atoms with Gasteiger partial charge in [-0.25, -0.2) is 4.98 Å². The standard InChI is InChI=1S/C10H10BrN3S/c11-7-4-9(12)10(13-5-7)14-6-8-2-1-3-15-8/h1-5H,6,12H2,(H,13,14). The highest BCUT2D eigenvalue weighted by Gasteiger charge is 2.01. The molecule has 3 nitrogen and oxygen atoms in total. The van der Waals surface area contributed by atoms with E-state index in [1.807, 2.05) is 12.1 Å². The zero-order chi connectivity index (χ0) is 10.7. The van der Waals surface area contributed by atoms with Crippen molar-refractivity contribution >= 4 is 38.8 Å². The lowest BCUT2D eigenvalue weighted by atomic mass is 10.4. The monoisotopic (exact) mass is 283 g/mol. The smallest absolute Gasteiger partial charge is 0.149 e. The van der Waals surface area contributed by atoms with Crippen LogP contribution in [-0.2, 0) is 6.54 Å². The molecule has 0 saturated carbocycles. The normalized spacial score (nSPS) is 10.2. The molecule has 0 radical (unpaired) electrons. The average molecular weight is 284 g/mol. The number of halogens is 1. The van der Waals surface area contributed by atoms with Gasteiger partial charge in [-0.1, -0.05) is 6.07 Å². The number of nitrogens with two attached hydrogens (primary N) is 1. The van der Waals surface area contributed by atoms with Crippen LogP contribution in [0.3, 0.4) is 0 Å². The van der Waals surface area contributed by atoms with E-state index in [0.29, 0.717) is 5.69 Å². The number of hydrogen-bond donors (Lipinski definition) is 2. The van der Waals surface area contributed by atoms with E-state index in [-0.39, 0.29) is 0 Å². The third-order valence-corrected chi connectivity index (χ3v) is 3.20. The Labute approximate surface area is 100 Å². The second kappa shape index (κ2) is 4.63. The molecule has 0 fully saturated rings. The molecule has 0 amide bonds. The Morgan fingerprint density at radius 2 is 2.40 bits per heavy atom. The van der Waals surface area contributed by atoms with E-state index in [0.717, 1.165) is 16.8 Å². The predicted octanol–water partition coefficient (Wildman–Crippen LogP) is 3.10. The lowest BCUT2D eigenvalue weighted by Gasteiger charge is -2.06. The second-order valence-electron chi connectivity index (χ2n) is 3.02. The summed E-state index contributed by atoms with van der Waals surface area (Å²) in [6.07, 6.45) is 1.73. The number of rotatable bonds is 3. The van der Waals surface area contributed by atoms with E-state index >= 15 is 0 Å². The fourth-order valence-corrected chi connectivity index (χ4v) is 2.18. The first kappa shape index (κ1) is 10.4. The summed E-state index contributed by atoms with van der Waals surface area (Å²) in [6, 6.07) is 5.94. The minimum absolute atomic E-state index is 0.654. The van der Waals surface area contributed by atoms with Crippen molar-refractivity contribution in [3.63, 3.8) is 0 Å². The summed E-state index contributed by atoms with van der Waals surface area (Å²) in [4.78, 5) is 5.46. The maximum Gasteiger partial charge on any atom is 0.149 e. The van der Waals surface area contributed by atoms with Crippen LogP contribution in [-0.4, -0.2) is 4.98 Å². The summed E-state index contributed by atoms with van der Waals surface area (Å²) in [5.41, 5.74) is 6.46. The largest absolute Gasteiger partial charge is 0.396 e. The highest BCUT2D eigenvalue weighted by molar-refractivity contribution is 9.10. The molecular weight excluding hydrogens is 274 g/mol. The first-order chi connectivity index (χ1) is 7.25. The first-order valence-corrected chi connectivity index (χ1v) is 6.10. The summed E-state index contributed by atoms with van der Waals surface area (Å²) in [6.45, 7) is 0.760. The molecule has 0 aliphatic carbocycles. The van der Waals surface area contributed by atoms with Gasteiger partial charge in [-0.15, -0.1) is 11.3 Å². The minimum Gasteiger partial charge on any atom is -0.396 e. The summed E-state index contributed by atoms with van der Waals surface area (Å²) in [5.74, 6) is 0.728. The van der Waals surface area contributed by atoms with E-state index in [4.69, 9.17) is 5.73 Å². The van der Waals surface area contributed by atoms with E-state index < -0.39 is 0 Å². The van der Waals surface area contributed by atoms with Gasteiger partial charge >= 0.3 is 0 Å². The Balaban J connectivity index is 2.05. The molecule has 0 spiro atoms. The second-order valence-corrected chi connectivity index (χ2v) is 4.97. The molecule has 0 saturated heterocycles. The summed E-state index contributed by atoms with van der Waals surface area (Å²) < 4.78 is 0.890. The van der Waals surface area contributed by atoms with E-state index in [1.54, 1.807) is 17.5 Å². The lowest BCUT2D eigenvalue weighted by Crippen LogP contribution is -2.03. The van der Waals surface area contributed by atoms with Crippen molar-refractivity contribution in [1.29, 1.82) is 0 Å². The number of nitrogen functional groups attached to an aromatic ring is 1. The van der Waals surface area contributed by atoms with Crippen LogP contribution < -0.4 is 11.1 Å². The van der Waals surface area contributed by atoms with E-state index in [1.165, 1.54) is 4.88 Å². The molecule has 0 unspecified atom stereocenters. The average Bonchev–Trinajstić information content (AvgIpc) is 2.69. The third-order valence-electron chi connectivity index (χ3n) is 1.89. The maximum absolute atomic E-state index is 5.81. The van der Waals surface area contributed by atoms with Crippen LogP contribution in [0, 0.1) is 0 Å². The van der Waals surface area contributed by atoms with Crippen LogP contribution in [0.2, 0.25) is 0 Å². The minimum atomic E-state index is 0.654. The summed E-state index contributed by atoms with van der Waals surface area (Å²) in [7, 11) is 0. The fraction of sp³-hybridized carbons (Fsp3) is 0.100. The summed E-state index contributed by atoms with van der Waals surface area (Å²) >= 11 is 5.03. The summed E-state index contributed by atoms with van der Waals surface area (Å²) in [5, 5.41) is 5.25. The van der Waals surface area contributed by atoms with Crippen molar-refractivity contribution in [2.24, 2.45) is 0 Å². The van der Waals surface area contributed by atoms with Crippen LogP contribution in [0.15, 0.2) is 34.2 Å². The van der Waals surface area contributed by atoms with Crippen molar-refractivity contribution in [2.45, 2.75) is 6.54 Å². The Morgan fingerprint density at radius 3 is 3.07 bits per heavy atom. The number of pyridine rings is 1. The van der Waals surface area contributed by atoms with Gasteiger partial charge < -0.3 is 11.1 Å². The molecule has 0 bridgehead atoms. The van der Waals surface area contributed by atoms with Crippen LogP contribution in [0.4, 0.5) is 11.5 Å². The molecule has 0 aliphatic rings. The molecular formula is C10H10BrN3S. The molecule has 0 atom stereocenters. The quantitative estimate of drug-likeness (QED) is 0.910.